The van der Waals surface area contributed by atoms with Gasteiger partial charge in [-0.25, -0.2) is 4.79 Å². The summed E-state index contributed by atoms with van der Waals surface area (Å²) in [6.07, 6.45) is 0.871. The van der Waals surface area contributed by atoms with Gasteiger partial charge in [-0.05, 0) is 12.8 Å². The SMILES string of the molecule is Cc1nc(C(=O)NC2(C(=O)O)CC2)no1. The summed E-state index contributed by atoms with van der Waals surface area (Å²) in [4.78, 5) is 25.9. The molecule has 80 valence electrons. The molecule has 1 heterocycles. The highest BCUT2D eigenvalue weighted by Gasteiger charge is 2.52. The van der Waals surface area contributed by atoms with Gasteiger partial charge in [0.2, 0.25) is 5.89 Å². The van der Waals surface area contributed by atoms with Gasteiger partial charge in [-0.1, -0.05) is 5.16 Å². The van der Waals surface area contributed by atoms with Crippen molar-refractivity contribution in [2.75, 3.05) is 0 Å². The molecule has 7 heteroatoms. The van der Waals surface area contributed by atoms with Crippen molar-refractivity contribution < 1.29 is 19.2 Å². The minimum absolute atomic E-state index is 0.139. The molecule has 1 aromatic rings. The van der Waals surface area contributed by atoms with Crippen molar-refractivity contribution in [3.8, 4) is 0 Å². The van der Waals surface area contributed by atoms with Gasteiger partial charge in [-0.2, -0.15) is 4.98 Å². The molecule has 1 amide bonds. The van der Waals surface area contributed by atoms with Crippen molar-refractivity contribution in [1.82, 2.24) is 15.5 Å². The zero-order valence-electron chi connectivity index (χ0n) is 7.98. The number of hydrogen-bond donors (Lipinski definition) is 2. The second-order valence-electron chi connectivity index (χ2n) is 3.48. The molecule has 0 aromatic carbocycles. The van der Waals surface area contributed by atoms with Crippen LogP contribution < -0.4 is 5.32 Å². The molecule has 1 aromatic heterocycles. The van der Waals surface area contributed by atoms with Gasteiger partial charge in [0.15, 0.2) is 0 Å². The molecule has 0 spiro atoms. The summed E-state index contributed by atoms with van der Waals surface area (Å²) in [5.74, 6) is -1.52. The van der Waals surface area contributed by atoms with Crippen LogP contribution in [0.2, 0.25) is 0 Å². The number of nitrogens with zero attached hydrogens (tertiary/aromatic N) is 2. The van der Waals surface area contributed by atoms with Crippen molar-refractivity contribution in [1.29, 1.82) is 0 Å². The predicted molar refractivity (Wildman–Crippen MR) is 46.1 cm³/mol. The molecule has 2 N–H and O–H groups in total. The van der Waals surface area contributed by atoms with E-state index in [0.717, 1.165) is 0 Å². The van der Waals surface area contributed by atoms with Gasteiger partial charge in [0.1, 0.15) is 5.54 Å². The van der Waals surface area contributed by atoms with E-state index in [2.05, 4.69) is 20.0 Å². The van der Waals surface area contributed by atoms with Crippen LogP contribution in [0.4, 0.5) is 0 Å². The second kappa shape index (κ2) is 3.04. The number of amides is 1. The lowest BCUT2D eigenvalue weighted by molar-refractivity contribution is -0.140. The van der Waals surface area contributed by atoms with Crippen LogP contribution in [0, 0.1) is 6.92 Å². The Hall–Kier alpha value is -1.92. The number of carboxylic acids is 1. The van der Waals surface area contributed by atoms with E-state index in [9.17, 15) is 9.59 Å². The highest BCUT2D eigenvalue weighted by Crippen LogP contribution is 2.35. The average Bonchev–Trinajstić information content (AvgIpc) is 2.82. The number of carbonyl (C=O) groups is 2. The number of carbonyl (C=O) groups excluding carboxylic acids is 1. The minimum Gasteiger partial charge on any atom is -0.480 e. The van der Waals surface area contributed by atoms with Gasteiger partial charge in [0, 0.05) is 6.92 Å². The first-order chi connectivity index (χ1) is 7.03. The van der Waals surface area contributed by atoms with Gasteiger partial charge in [-0.3, -0.25) is 4.79 Å². The van der Waals surface area contributed by atoms with Gasteiger partial charge < -0.3 is 14.9 Å². The summed E-state index contributed by atoms with van der Waals surface area (Å²) < 4.78 is 4.61. The number of rotatable bonds is 3. The molecule has 1 aliphatic rings. The lowest BCUT2D eigenvalue weighted by Gasteiger charge is -2.09. The molecule has 7 nitrogen and oxygen atoms in total. The third-order valence-electron chi connectivity index (χ3n) is 2.24. The Balaban J connectivity index is 2.08. The summed E-state index contributed by atoms with van der Waals surface area (Å²) in [5.41, 5.74) is -1.12. The zero-order valence-corrected chi connectivity index (χ0v) is 7.98. The van der Waals surface area contributed by atoms with Crippen LogP contribution in [0.25, 0.3) is 0 Å². The van der Waals surface area contributed by atoms with Gasteiger partial charge in [0.05, 0.1) is 0 Å². The Labute approximate surface area is 84.5 Å². The molecule has 0 radical (unpaired) electrons. The van der Waals surface area contributed by atoms with Crippen LogP contribution in [0.5, 0.6) is 0 Å². The molecule has 0 aliphatic heterocycles. The molecule has 0 unspecified atom stereocenters. The largest absolute Gasteiger partial charge is 0.480 e. The minimum atomic E-state index is -1.12. The van der Waals surface area contributed by atoms with E-state index in [0.29, 0.717) is 12.8 Å². The fourth-order valence-electron chi connectivity index (χ4n) is 1.18. The van der Waals surface area contributed by atoms with E-state index in [1.165, 1.54) is 0 Å². The molecular weight excluding hydrogens is 202 g/mol. The number of aliphatic carboxylic acids is 1. The maximum atomic E-state index is 11.5. The van der Waals surface area contributed by atoms with E-state index in [1.54, 1.807) is 6.92 Å². The van der Waals surface area contributed by atoms with Crippen LogP contribution in [-0.2, 0) is 4.79 Å². The zero-order chi connectivity index (χ0) is 11.1. The molecule has 2 rings (SSSR count). The molecule has 1 aliphatic carbocycles. The first-order valence-electron chi connectivity index (χ1n) is 4.40. The van der Waals surface area contributed by atoms with Gasteiger partial charge in [-0.15, -0.1) is 0 Å². The maximum absolute atomic E-state index is 11.5. The lowest BCUT2D eigenvalue weighted by atomic mass is 10.3. The first kappa shape index (κ1) is 9.63. The van der Waals surface area contributed by atoms with Crippen LogP contribution in [0.1, 0.15) is 29.4 Å². The molecule has 0 bridgehead atoms. The smallest absolute Gasteiger partial charge is 0.329 e. The summed E-state index contributed by atoms with van der Waals surface area (Å²) >= 11 is 0. The summed E-state index contributed by atoms with van der Waals surface area (Å²) in [7, 11) is 0. The monoisotopic (exact) mass is 211 g/mol. The summed E-state index contributed by atoms with van der Waals surface area (Å²) in [6, 6.07) is 0. The Morgan fingerprint density at radius 3 is 2.60 bits per heavy atom. The normalized spacial score (nSPS) is 17.1. The van der Waals surface area contributed by atoms with Crippen molar-refractivity contribution in [2.24, 2.45) is 0 Å². The molecule has 15 heavy (non-hydrogen) atoms. The number of nitrogens with one attached hydrogen (secondary N) is 1. The Morgan fingerprint density at radius 2 is 2.20 bits per heavy atom. The van der Waals surface area contributed by atoms with Crippen LogP contribution in [0.15, 0.2) is 4.52 Å². The van der Waals surface area contributed by atoms with E-state index in [-0.39, 0.29) is 11.7 Å². The second-order valence-corrected chi connectivity index (χ2v) is 3.48. The van der Waals surface area contributed by atoms with Crippen molar-refractivity contribution >= 4 is 11.9 Å². The Bertz CT molecular complexity index is 421. The standard InChI is InChI=1S/C8H9N3O4/c1-4-9-5(11-15-4)6(12)10-8(2-3-8)7(13)14/h2-3H2,1H3,(H,10,12)(H,13,14). The van der Waals surface area contributed by atoms with Crippen LogP contribution in [0.3, 0.4) is 0 Å². The molecule has 0 saturated heterocycles. The average molecular weight is 211 g/mol. The van der Waals surface area contributed by atoms with Gasteiger partial charge in [0.25, 0.3) is 11.7 Å². The van der Waals surface area contributed by atoms with E-state index in [1.807, 2.05) is 0 Å². The first-order valence-corrected chi connectivity index (χ1v) is 4.40. The topological polar surface area (TPSA) is 105 Å². The number of aromatic nitrogens is 2. The quantitative estimate of drug-likeness (QED) is 0.712. The molecule has 1 fully saturated rings. The Morgan fingerprint density at radius 1 is 1.53 bits per heavy atom. The number of carboxylic acid groups (broad SMARTS) is 1. The van der Waals surface area contributed by atoms with Gasteiger partial charge >= 0.3 is 5.97 Å². The van der Waals surface area contributed by atoms with E-state index in [4.69, 9.17) is 5.11 Å². The summed E-state index contributed by atoms with van der Waals surface area (Å²) in [5, 5.41) is 14.6. The number of hydrogen-bond acceptors (Lipinski definition) is 5. The fourth-order valence-corrected chi connectivity index (χ4v) is 1.18. The van der Waals surface area contributed by atoms with E-state index < -0.39 is 17.4 Å². The third-order valence-corrected chi connectivity index (χ3v) is 2.24. The highest BCUT2D eigenvalue weighted by atomic mass is 16.5. The number of aryl methyl sites for hydroxylation is 1. The molecule has 0 atom stereocenters. The van der Waals surface area contributed by atoms with Crippen molar-refractivity contribution in [3.05, 3.63) is 11.7 Å². The maximum Gasteiger partial charge on any atom is 0.329 e. The third kappa shape index (κ3) is 1.67. The van der Waals surface area contributed by atoms with Crippen molar-refractivity contribution in [2.45, 2.75) is 25.3 Å². The summed E-state index contributed by atoms with van der Waals surface area (Å²) in [6.45, 7) is 1.55. The molecular formula is C8H9N3O4. The molecule has 1 saturated carbocycles. The predicted octanol–water partition coefficient (Wildman–Crippen LogP) is -0.275. The fraction of sp³-hybridized carbons (Fsp3) is 0.500. The van der Waals surface area contributed by atoms with Crippen molar-refractivity contribution in [3.63, 3.8) is 0 Å². The van der Waals surface area contributed by atoms with Crippen LogP contribution in [-0.4, -0.2) is 32.7 Å². The lowest BCUT2D eigenvalue weighted by Crippen LogP contribution is -2.43. The van der Waals surface area contributed by atoms with E-state index >= 15 is 0 Å². The highest BCUT2D eigenvalue weighted by molar-refractivity contribution is 5.96. The van der Waals surface area contributed by atoms with Crippen LogP contribution >= 0.6 is 0 Å². The Kier molecular flexibility index (Phi) is 1.95.